The molecule has 160 valence electrons. The molecule has 2 aromatic carbocycles. The molecule has 0 spiro atoms. The Morgan fingerprint density at radius 1 is 0.844 bits per heavy atom. The molecule has 3 heterocycles. The van der Waals surface area contributed by atoms with Crippen molar-refractivity contribution in [1.82, 2.24) is 14.9 Å². The molecule has 1 saturated heterocycles. The van der Waals surface area contributed by atoms with E-state index >= 15 is 0 Å². The summed E-state index contributed by atoms with van der Waals surface area (Å²) in [6, 6.07) is 25.4. The lowest BCUT2D eigenvalue weighted by molar-refractivity contribution is 0.549. The highest BCUT2D eigenvalue weighted by Gasteiger charge is 2.42. The molecule has 0 bridgehead atoms. The zero-order chi connectivity index (χ0) is 22.2. The monoisotopic (exact) mass is 438 g/mol. The van der Waals surface area contributed by atoms with Gasteiger partial charge >= 0.3 is 0 Å². The van der Waals surface area contributed by atoms with Crippen LogP contribution in [0.3, 0.4) is 0 Å². The summed E-state index contributed by atoms with van der Waals surface area (Å²) in [5.41, 5.74) is 8.12. The first-order valence-electron chi connectivity index (χ1n) is 10.8. The Hall–Kier alpha value is -3.44. The van der Waals surface area contributed by atoms with Crippen LogP contribution in [0.2, 0.25) is 0 Å². The van der Waals surface area contributed by atoms with Crippen molar-refractivity contribution in [3.8, 4) is 5.69 Å². The van der Waals surface area contributed by atoms with E-state index in [9.17, 15) is 0 Å². The van der Waals surface area contributed by atoms with Gasteiger partial charge in [-0.2, -0.15) is 0 Å². The molecule has 32 heavy (non-hydrogen) atoms. The van der Waals surface area contributed by atoms with Crippen LogP contribution in [0.25, 0.3) is 5.69 Å². The zero-order valence-corrected chi connectivity index (χ0v) is 19.3. The van der Waals surface area contributed by atoms with Crippen molar-refractivity contribution in [2.45, 2.75) is 32.9 Å². The molecular weight excluding hydrogens is 412 g/mol. The molecule has 4 aromatic rings. The van der Waals surface area contributed by atoms with Crippen LogP contribution in [0.15, 0.2) is 85.2 Å². The number of nitrogens with one attached hydrogen (secondary N) is 1. The highest BCUT2D eigenvalue weighted by molar-refractivity contribution is 7.80. The van der Waals surface area contributed by atoms with Gasteiger partial charge in [0.05, 0.1) is 11.7 Å². The van der Waals surface area contributed by atoms with Crippen LogP contribution < -0.4 is 10.2 Å². The summed E-state index contributed by atoms with van der Waals surface area (Å²) in [7, 11) is 0. The second kappa shape index (κ2) is 8.24. The minimum absolute atomic E-state index is 0.0455. The molecule has 1 N–H and O–H groups in total. The standard InChI is InChI=1S/C27H26N4S/c1-18-9-12-21(13-10-18)30-16-6-8-24(30)26-25(23-7-4-5-15-28-23)29-27(32)31(26)22-14-11-19(2)20(3)17-22/h4-17,25-26H,1-3H3,(H,29,32). The van der Waals surface area contributed by atoms with E-state index in [1.165, 1.54) is 16.7 Å². The maximum atomic E-state index is 5.88. The Bertz CT molecular complexity index is 1260. The number of hydrogen-bond donors (Lipinski definition) is 1. The van der Waals surface area contributed by atoms with Crippen molar-refractivity contribution in [3.05, 3.63) is 113 Å². The number of pyridine rings is 1. The number of anilines is 1. The van der Waals surface area contributed by atoms with Crippen molar-refractivity contribution in [2.24, 2.45) is 0 Å². The van der Waals surface area contributed by atoms with E-state index in [0.29, 0.717) is 5.11 Å². The second-order valence-corrected chi connectivity index (χ2v) is 8.79. The lowest BCUT2D eigenvalue weighted by Crippen LogP contribution is -2.30. The molecular formula is C27H26N4S. The smallest absolute Gasteiger partial charge is 0.174 e. The number of aryl methyl sites for hydroxylation is 3. The van der Waals surface area contributed by atoms with E-state index in [-0.39, 0.29) is 12.1 Å². The lowest BCUT2D eigenvalue weighted by atomic mass is 10.00. The van der Waals surface area contributed by atoms with Gasteiger partial charge in [0.2, 0.25) is 0 Å². The molecule has 0 aliphatic carbocycles. The van der Waals surface area contributed by atoms with Gasteiger partial charge in [-0.3, -0.25) is 4.98 Å². The van der Waals surface area contributed by atoms with E-state index in [2.05, 4.69) is 107 Å². The SMILES string of the molecule is Cc1ccc(-n2cccc2C2C(c3ccccn3)NC(=S)N2c2ccc(C)c(C)c2)cc1. The van der Waals surface area contributed by atoms with Crippen molar-refractivity contribution < 1.29 is 0 Å². The van der Waals surface area contributed by atoms with E-state index in [0.717, 1.165) is 22.8 Å². The fourth-order valence-corrected chi connectivity index (χ4v) is 4.73. The van der Waals surface area contributed by atoms with Gasteiger partial charge in [-0.25, -0.2) is 0 Å². The van der Waals surface area contributed by atoms with Crippen LogP contribution >= 0.6 is 12.2 Å². The molecule has 0 amide bonds. The Labute approximate surface area is 194 Å². The van der Waals surface area contributed by atoms with Gasteiger partial charge in [-0.1, -0.05) is 29.8 Å². The minimum atomic E-state index is -0.0654. The Balaban J connectivity index is 1.67. The van der Waals surface area contributed by atoms with Gasteiger partial charge < -0.3 is 14.8 Å². The van der Waals surface area contributed by atoms with Crippen molar-refractivity contribution in [1.29, 1.82) is 0 Å². The Morgan fingerprint density at radius 2 is 1.62 bits per heavy atom. The Kier molecular flexibility index (Phi) is 5.27. The summed E-state index contributed by atoms with van der Waals surface area (Å²) >= 11 is 5.88. The third-order valence-corrected chi connectivity index (χ3v) is 6.58. The summed E-state index contributed by atoms with van der Waals surface area (Å²) in [6.45, 7) is 6.39. The molecule has 1 aliphatic heterocycles. The van der Waals surface area contributed by atoms with Crippen molar-refractivity contribution in [3.63, 3.8) is 0 Å². The van der Waals surface area contributed by atoms with Gasteiger partial charge in [0.1, 0.15) is 6.04 Å². The van der Waals surface area contributed by atoms with Crippen LogP contribution in [-0.2, 0) is 0 Å². The predicted molar refractivity (Wildman–Crippen MR) is 134 cm³/mol. The molecule has 1 aliphatic rings. The van der Waals surface area contributed by atoms with E-state index in [1.54, 1.807) is 0 Å². The minimum Gasteiger partial charge on any atom is -0.351 e. The summed E-state index contributed by atoms with van der Waals surface area (Å²) in [5.74, 6) is 0. The first-order chi connectivity index (χ1) is 15.5. The van der Waals surface area contributed by atoms with Crippen LogP contribution in [0.4, 0.5) is 5.69 Å². The second-order valence-electron chi connectivity index (χ2n) is 8.40. The first-order valence-corrected chi connectivity index (χ1v) is 11.3. The highest BCUT2D eigenvalue weighted by atomic mass is 32.1. The summed E-state index contributed by atoms with van der Waals surface area (Å²) in [5, 5.41) is 4.27. The normalized spacial score (nSPS) is 18.1. The molecule has 5 rings (SSSR count). The first kappa shape index (κ1) is 20.5. The summed E-state index contributed by atoms with van der Waals surface area (Å²) in [6.07, 6.45) is 3.96. The lowest BCUT2D eigenvalue weighted by Gasteiger charge is -2.29. The number of hydrogen-bond acceptors (Lipinski definition) is 2. The van der Waals surface area contributed by atoms with Gasteiger partial charge in [0.25, 0.3) is 0 Å². The third-order valence-electron chi connectivity index (χ3n) is 6.26. The molecule has 2 unspecified atom stereocenters. The fourth-order valence-electron chi connectivity index (χ4n) is 4.38. The van der Waals surface area contributed by atoms with Crippen molar-refractivity contribution >= 4 is 23.0 Å². The Morgan fingerprint density at radius 3 is 2.34 bits per heavy atom. The molecule has 2 atom stereocenters. The predicted octanol–water partition coefficient (Wildman–Crippen LogP) is 5.97. The van der Waals surface area contributed by atoms with E-state index < -0.39 is 0 Å². The number of nitrogens with zero attached hydrogens (tertiary/aromatic N) is 3. The van der Waals surface area contributed by atoms with Crippen LogP contribution in [0, 0.1) is 20.8 Å². The quantitative estimate of drug-likeness (QED) is 0.398. The molecule has 0 radical (unpaired) electrons. The largest absolute Gasteiger partial charge is 0.351 e. The highest BCUT2D eigenvalue weighted by Crippen LogP contribution is 2.42. The molecule has 2 aromatic heterocycles. The topological polar surface area (TPSA) is 33.1 Å². The summed E-state index contributed by atoms with van der Waals surface area (Å²) < 4.78 is 2.25. The molecule has 0 saturated carbocycles. The molecule has 4 nitrogen and oxygen atoms in total. The van der Waals surface area contributed by atoms with Gasteiger partial charge in [-0.05, 0) is 92.6 Å². The van der Waals surface area contributed by atoms with Gasteiger partial charge in [0, 0.05) is 29.5 Å². The fraction of sp³-hybridized carbons (Fsp3) is 0.185. The molecule has 1 fully saturated rings. The van der Waals surface area contributed by atoms with E-state index in [4.69, 9.17) is 12.2 Å². The number of rotatable bonds is 4. The van der Waals surface area contributed by atoms with Gasteiger partial charge in [-0.15, -0.1) is 0 Å². The molecule has 5 heteroatoms. The van der Waals surface area contributed by atoms with Crippen LogP contribution in [0.1, 0.15) is 40.2 Å². The average molecular weight is 439 g/mol. The summed E-state index contributed by atoms with van der Waals surface area (Å²) in [4.78, 5) is 6.91. The maximum Gasteiger partial charge on any atom is 0.174 e. The van der Waals surface area contributed by atoms with Crippen LogP contribution in [0.5, 0.6) is 0 Å². The number of aromatic nitrogens is 2. The average Bonchev–Trinajstić information content (AvgIpc) is 3.41. The van der Waals surface area contributed by atoms with Gasteiger partial charge in [0.15, 0.2) is 5.11 Å². The number of benzene rings is 2. The zero-order valence-electron chi connectivity index (χ0n) is 18.5. The van der Waals surface area contributed by atoms with E-state index in [1.807, 2.05) is 18.3 Å². The third kappa shape index (κ3) is 3.59. The maximum absolute atomic E-state index is 5.88. The van der Waals surface area contributed by atoms with Crippen LogP contribution in [-0.4, -0.2) is 14.7 Å². The number of thiocarbonyl (C=S) groups is 1. The van der Waals surface area contributed by atoms with Crippen molar-refractivity contribution in [2.75, 3.05) is 4.90 Å².